The minimum Gasteiger partial charge on any atom is -0.491 e. The smallest absolute Gasteiger partial charge is 0.159 e. The summed E-state index contributed by atoms with van der Waals surface area (Å²) >= 11 is 0. The van der Waals surface area contributed by atoms with Gasteiger partial charge in [0.2, 0.25) is 0 Å². The van der Waals surface area contributed by atoms with Gasteiger partial charge in [-0.15, -0.1) is 0 Å². The van der Waals surface area contributed by atoms with Crippen LogP contribution in [-0.2, 0) is 4.74 Å². The Balaban J connectivity index is 1.54. The zero-order chi connectivity index (χ0) is 15.8. The lowest BCUT2D eigenvalue weighted by atomic mass is 10.0. The quantitative estimate of drug-likeness (QED) is 0.547. The molecule has 4 nitrogen and oxygen atoms in total. The molecule has 1 heterocycles. The van der Waals surface area contributed by atoms with Gasteiger partial charge in [0.05, 0.1) is 13.2 Å². The summed E-state index contributed by atoms with van der Waals surface area (Å²) in [7, 11) is 0. The first kappa shape index (κ1) is 17.0. The number of ketones is 1. The number of hydrogen-bond donors (Lipinski definition) is 0. The van der Waals surface area contributed by atoms with Gasteiger partial charge in [0.15, 0.2) is 5.78 Å². The first-order chi connectivity index (χ1) is 10.6. The molecule has 1 aliphatic heterocycles. The molecule has 0 unspecified atom stereocenters. The molecule has 4 heteroatoms. The fraction of sp³-hybridized carbons (Fsp3) is 0.611. The largest absolute Gasteiger partial charge is 0.491 e. The van der Waals surface area contributed by atoms with E-state index < -0.39 is 0 Å². The predicted octanol–water partition coefficient (Wildman–Crippen LogP) is 3.02. The van der Waals surface area contributed by atoms with Crippen molar-refractivity contribution in [3.63, 3.8) is 0 Å². The number of rotatable bonds is 8. The highest BCUT2D eigenvalue weighted by Gasteiger charge is 2.15. The van der Waals surface area contributed by atoms with Crippen LogP contribution >= 0.6 is 0 Å². The van der Waals surface area contributed by atoms with Crippen LogP contribution in [0.1, 0.15) is 37.0 Å². The number of hydrogen-bond acceptors (Lipinski definition) is 4. The van der Waals surface area contributed by atoms with Crippen LogP contribution in [0, 0.1) is 5.92 Å². The van der Waals surface area contributed by atoms with Crippen molar-refractivity contribution in [1.82, 2.24) is 4.90 Å². The maximum Gasteiger partial charge on any atom is 0.159 e. The Kier molecular flexibility index (Phi) is 6.87. The van der Waals surface area contributed by atoms with Gasteiger partial charge >= 0.3 is 0 Å². The third kappa shape index (κ3) is 5.78. The third-order valence-corrected chi connectivity index (χ3v) is 4.05. The average Bonchev–Trinajstić information content (AvgIpc) is 2.51. The van der Waals surface area contributed by atoms with Crippen LogP contribution < -0.4 is 4.74 Å². The highest BCUT2D eigenvalue weighted by Crippen LogP contribution is 2.15. The summed E-state index contributed by atoms with van der Waals surface area (Å²) in [6, 6.07) is 7.23. The molecule has 1 saturated heterocycles. The molecule has 1 aromatic rings. The zero-order valence-corrected chi connectivity index (χ0v) is 13.7. The van der Waals surface area contributed by atoms with Gasteiger partial charge in [0, 0.05) is 18.7 Å². The summed E-state index contributed by atoms with van der Waals surface area (Å²) < 4.78 is 11.2. The molecule has 1 atom stereocenters. The van der Waals surface area contributed by atoms with Crippen molar-refractivity contribution < 1.29 is 14.3 Å². The number of nitrogens with zero attached hydrogens (tertiary/aromatic N) is 1. The SMILES string of the molecule is CC(=O)c1ccc(OCCOCCN2CCC[C@H](C)C2)cc1. The van der Waals surface area contributed by atoms with Gasteiger partial charge in [-0.1, -0.05) is 6.92 Å². The molecule has 1 aliphatic rings. The number of Topliss-reactive ketones (excluding diaryl/α,β-unsaturated/α-hetero) is 1. The van der Waals surface area contributed by atoms with Crippen molar-refractivity contribution in [3.05, 3.63) is 29.8 Å². The van der Waals surface area contributed by atoms with E-state index in [1.165, 1.54) is 25.9 Å². The molecule has 0 aromatic heterocycles. The van der Waals surface area contributed by atoms with E-state index in [0.717, 1.165) is 24.8 Å². The van der Waals surface area contributed by atoms with Crippen molar-refractivity contribution in [2.24, 2.45) is 5.92 Å². The molecule has 0 bridgehead atoms. The number of ether oxygens (including phenoxy) is 2. The van der Waals surface area contributed by atoms with E-state index in [-0.39, 0.29) is 5.78 Å². The van der Waals surface area contributed by atoms with Gasteiger partial charge in [-0.3, -0.25) is 4.79 Å². The average molecular weight is 305 g/mol. The summed E-state index contributed by atoms with van der Waals surface area (Å²) in [4.78, 5) is 13.7. The molecule has 122 valence electrons. The van der Waals surface area contributed by atoms with Crippen molar-refractivity contribution in [3.8, 4) is 5.75 Å². The summed E-state index contributed by atoms with van der Waals surface area (Å²) in [5, 5.41) is 0. The molecular formula is C18H27NO3. The Bertz CT molecular complexity index is 458. The molecule has 0 amide bonds. The number of likely N-dealkylation sites (tertiary alicyclic amines) is 1. The predicted molar refractivity (Wildman–Crippen MR) is 87.6 cm³/mol. The molecule has 1 fully saturated rings. The minimum absolute atomic E-state index is 0.0712. The lowest BCUT2D eigenvalue weighted by Crippen LogP contribution is -2.36. The lowest BCUT2D eigenvalue weighted by molar-refractivity contribution is 0.0688. The van der Waals surface area contributed by atoms with Crippen LogP contribution in [0.4, 0.5) is 0 Å². The molecule has 0 spiro atoms. The Labute approximate surface area is 133 Å². The highest BCUT2D eigenvalue weighted by molar-refractivity contribution is 5.94. The van der Waals surface area contributed by atoms with Gasteiger partial charge in [0.25, 0.3) is 0 Å². The Hall–Kier alpha value is -1.39. The van der Waals surface area contributed by atoms with E-state index >= 15 is 0 Å². The molecule has 22 heavy (non-hydrogen) atoms. The van der Waals surface area contributed by atoms with Crippen molar-refractivity contribution >= 4 is 5.78 Å². The van der Waals surface area contributed by atoms with E-state index in [4.69, 9.17) is 9.47 Å². The second-order valence-electron chi connectivity index (χ2n) is 6.09. The summed E-state index contributed by atoms with van der Waals surface area (Å²) in [5.74, 6) is 1.66. The van der Waals surface area contributed by atoms with E-state index in [1.807, 2.05) is 12.1 Å². The summed E-state index contributed by atoms with van der Waals surface area (Å²) in [6.07, 6.45) is 2.66. The number of benzene rings is 1. The summed E-state index contributed by atoms with van der Waals surface area (Å²) in [5.41, 5.74) is 0.708. The standard InChI is InChI=1S/C18H27NO3/c1-15-4-3-9-19(14-15)10-11-21-12-13-22-18-7-5-17(6-8-18)16(2)20/h5-8,15H,3-4,9-14H2,1-2H3/t15-/m0/s1. The number of piperidine rings is 1. The molecule has 0 radical (unpaired) electrons. The topological polar surface area (TPSA) is 38.8 Å². The molecule has 0 aliphatic carbocycles. The zero-order valence-electron chi connectivity index (χ0n) is 13.7. The monoisotopic (exact) mass is 305 g/mol. The van der Waals surface area contributed by atoms with Crippen LogP contribution in [0.2, 0.25) is 0 Å². The van der Waals surface area contributed by atoms with Gasteiger partial charge in [-0.05, 0) is 56.5 Å². The van der Waals surface area contributed by atoms with Crippen molar-refractivity contribution in [2.45, 2.75) is 26.7 Å². The first-order valence-corrected chi connectivity index (χ1v) is 8.19. The van der Waals surface area contributed by atoms with Crippen LogP contribution in [0.25, 0.3) is 0 Å². The van der Waals surface area contributed by atoms with Crippen LogP contribution in [0.15, 0.2) is 24.3 Å². The number of carbonyl (C=O) groups is 1. The Morgan fingerprint density at radius 1 is 1.23 bits per heavy atom. The lowest BCUT2D eigenvalue weighted by Gasteiger charge is -2.30. The maximum absolute atomic E-state index is 11.2. The summed E-state index contributed by atoms with van der Waals surface area (Å²) in [6.45, 7) is 9.19. The van der Waals surface area contributed by atoms with Crippen molar-refractivity contribution in [1.29, 1.82) is 0 Å². The second-order valence-corrected chi connectivity index (χ2v) is 6.09. The van der Waals surface area contributed by atoms with Gasteiger partial charge in [-0.2, -0.15) is 0 Å². The van der Waals surface area contributed by atoms with Gasteiger partial charge < -0.3 is 14.4 Å². The third-order valence-electron chi connectivity index (χ3n) is 4.05. The number of carbonyl (C=O) groups excluding carboxylic acids is 1. The van der Waals surface area contributed by atoms with Crippen LogP contribution in [0.3, 0.4) is 0 Å². The van der Waals surface area contributed by atoms with E-state index in [2.05, 4.69) is 11.8 Å². The molecule has 1 aromatic carbocycles. The van der Waals surface area contributed by atoms with Gasteiger partial charge in [0.1, 0.15) is 12.4 Å². The molecule has 0 N–H and O–H groups in total. The van der Waals surface area contributed by atoms with E-state index in [0.29, 0.717) is 18.8 Å². The molecule has 0 saturated carbocycles. The van der Waals surface area contributed by atoms with Crippen molar-refractivity contribution in [2.75, 3.05) is 39.5 Å². The van der Waals surface area contributed by atoms with Gasteiger partial charge in [-0.25, -0.2) is 0 Å². The first-order valence-electron chi connectivity index (χ1n) is 8.19. The fourth-order valence-corrected chi connectivity index (χ4v) is 2.79. The molecule has 2 rings (SSSR count). The molecular weight excluding hydrogens is 278 g/mol. The van der Waals surface area contributed by atoms with E-state index in [1.54, 1.807) is 19.1 Å². The Morgan fingerprint density at radius 2 is 2.00 bits per heavy atom. The Morgan fingerprint density at radius 3 is 2.68 bits per heavy atom. The van der Waals surface area contributed by atoms with E-state index in [9.17, 15) is 4.79 Å². The fourth-order valence-electron chi connectivity index (χ4n) is 2.79. The highest BCUT2D eigenvalue weighted by atomic mass is 16.5. The van der Waals surface area contributed by atoms with Crippen LogP contribution in [0.5, 0.6) is 5.75 Å². The van der Waals surface area contributed by atoms with Crippen LogP contribution in [-0.4, -0.2) is 50.1 Å². The minimum atomic E-state index is 0.0712. The second kappa shape index (κ2) is 8.91. The normalized spacial score (nSPS) is 19.1. The maximum atomic E-state index is 11.2.